The van der Waals surface area contributed by atoms with Gasteiger partial charge in [-0.15, -0.1) is 0 Å². The molecule has 1 aromatic carbocycles. The summed E-state index contributed by atoms with van der Waals surface area (Å²) in [5.74, 6) is -0.560. The van der Waals surface area contributed by atoms with Crippen LogP contribution >= 0.6 is 0 Å². The number of hydrogen-bond acceptors (Lipinski definition) is 7. The van der Waals surface area contributed by atoms with Crippen molar-refractivity contribution in [3.8, 4) is 5.75 Å². The quantitative estimate of drug-likeness (QED) is 0.260. The Bertz CT molecular complexity index is 1200. The second-order valence-electron chi connectivity index (χ2n) is 10.3. The van der Waals surface area contributed by atoms with Crippen LogP contribution in [0.1, 0.15) is 57.5 Å². The molecule has 0 unspecified atom stereocenters. The Morgan fingerprint density at radius 1 is 1.13 bits per heavy atom. The van der Waals surface area contributed by atoms with Crippen molar-refractivity contribution in [2.45, 2.75) is 58.7 Å². The highest BCUT2D eigenvalue weighted by atomic mass is 16.5. The molecule has 39 heavy (non-hydrogen) atoms. The predicted molar refractivity (Wildman–Crippen MR) is 146 cm³/mol. The fourth-order valence-corrected chi connectivity index (χ4v) is 5.88. The molecule has 1 aliphatic heterocycles. The Balaban J connectivity index is 1.61. The molecule has 1 aliphatic carbocycles. The maximum atomic E-state index is 13.3. The highest BCUT2D eigenvalue weighted by Crippen LogP contribution is 2.46. The van der Waals surface area contributed by atoms with Crippen molar-refractivity contribution in [2.24, 2.45) is 17.8 Å². The van der Waals surface area contributed by atoms with Crippen LogP contribution in [0.25, 0.3) is 6.08 Å². The number of aliphatic hydroxyl groups excluding tert-OH is 3. The monoisotopic (exact) mass is 537 g/mol. The predicted octanol–water partition coefficient (Wildman–Crippen LogP) is 4.11. The summed E-state index contributed by atoms with van der Waals surface area (Å²) in [5.41, 5.74) is 2.45. The smallest absolute Gasteiger partial charge is 0.233 e. The number of carbonyl (C=O) groups excluding carboxylic acids is 2. The fraction of sp³-hybridized carbons (Fsp3) is 0.484. The number of amides is 2. The normalized spacial score (nSPS) is 22.4. The van der Waals surface area contributed by atoms with Crippen LogP contribution in [0.15, 0.2) is 63.6 Å². The van der Waals surface area contributed by atoms with Crippen molar-refractivity contribution in [1.29, 1.82) is 0 Å². The van der Waals surface area contributed by atoms with E-state index in [0.717, 1.165) is 17.6 Å². The molecule has 1 aromatic heterocycles. The molecule has 8 nitrogen and oxygen atoms in total. The summed E-state index contributed by atoms with van der Waals surface area (Å²) >= 11 is 0. The third kappa shape index (κ3) is 6.35. The summed E-state index contributed by atoms with van der Waals surface area (Å²) in [6, 6.07) is 12.8. The van der Waals surface area contributed by atoms with E-state index in [1.165, 1.54) is 4.90 Å². The molecule has 8 heteroatoms. The highest BCUT2D eigenvalue weighted by Gasteiger charge is 2.54. The minimum Gasteiger partial charge on any atom is -0.489 e. The lowest BCUT2D eigenvalue weighted by atomic mass is 9.68. The van der Waals surface area contributed by atoms with Gasteiger partial charge in [0.2, 0.25) is 11.8 Å². The Kier molecular flexibility index (Phi) is 9.78. The van der Waals surface area contributed by atoms with Gasteiger partial charge in [0.15, 0.2) is 0 Å². The lowest BCUT2D eigenvalue weighted by molar-refractivity contribution is -0.140. The average molecular weight is 538 g/mol. The summed E-state index contributed by atoms with van der Waals surface area (Å²) in [5, 5.41) is 31.3. The Labute approximate surface area is 229 Å². The third-order valence-corrected chi connectivity index (χ3v) is 7.81. The van der Waals surface area contributed by atoms with Gasteiger partial charge in [-0.2, -0.15) is 0 Å². The molecule has 1 saturated heterocycles. The molecule has 2 heterocycles. The maximum absolute atomic E-state index is 13.3. The molecule has 0 spiro atoms. The molecule has 2 aromatic rings. The minimum atomic E-state index is -0.917. The van der Waals surface area contributed by atoms with Gasteiger partial charge in [-0.3, -0.25) is 14.5 Å². The van der Waals surface area contributed by atoms with Crippen molar-refractivity contribution >= 4 is 17.9 Å². The first-order chi connectivity index (χ1) is 18.9. The van der Waals surface area contributed by atoms with Crippen molar-refractivity contribution in [3.63, 3.8) is 0 Å². The van der Waals surface area contributed by atoms with Gasteiger partial charge in [-0.05, 0) is 73.6 Å². The first-order valence-electron chi connectivity index (χ1n) is 13.8. The minimum absolute atomic E-state index is 0.165. The zero-order chi connectivity index (χ0) is 27.9. The summed E-state index contributed by atoms with van der Waals surface area (Å²) in [6.07, 6.45) is 3.68. The van der Waals surface area contributed by atoms with Gasteiger partial charge in [-0.1, -0.05) is 37.6 Å². The Morgan fingerprint density at radius 3 is 2.54 bits per heavy atom. The van der Waals surface area contributed by atoms with E-state index >= 15 is 0 Å². The molecule has 0 radical (unpaired) electrons. The van der Waals surface area contributed by atoms with Crippen LogP contribution in [0.4, 0.5) is 0 Å². The van der Waals surface area contributed by atoms with E-state index in [9.17, 15) is 24.9 Å². The van der Waals surface area contributed by atoms with Gasteiger partial charge in [0, 0.05) is 12.5 Å². The number of para-hydroxylation sites is 1. The number of likely N-dealkylation sites (tertiary alicyclic amines) is 1. The second-order valence-corrected chi connectivity index (χ2v) is 10.3. The number of carbonyl (C=O) groups is 2. The van der Waals surface area contributed by atoms with E-state index in [1.54, 1.807) is 12.1 Å². The number of furan rings is 1. The van der Waals surface area contributed by atoms with E-state index in [1.807, 2.05) is 50.3 Å². The number of ether oxygens (including phenoxy) is 1. The highest BCUT2D eigenvalue weighted by molar-refractivity contribution is 6.05. The number of nitrogens with zero attached hydrogens (tertiary/aromatic N) is 1. The van der Waals surface area contributed by atoms with E-state index in [4.69, 9.17) is 9.15 Å². The van der Waals surface area contributed by atoms with Crippen LogP contribution in [0.3, 0.4) is 0 Å². The first-order valence-corrected chi connectivity index (χ1v) is 13.8. The van der Waals surface area contributed by atoms with Crippen molar-refractivity contribution < 1.29 is 34.1 Å². The van der Waals surface area contributed by atoms with E-state index in [-0.39, 0.29) is 31.6 Å². The van der Waals surface area contributed by atoms with Gasteiger partial charge >= 0.3 is 0 Å². The summed E-state index contributed by atoms with van der Waals surface area (Å²) in [4.78, 5) is 27.9. The zero-order valence-electron chi connectivity index (χ0n) is 22.7. The largest absolute Gasteiger partial charge is 0.489 e. The molecule has 0 saturated carbocycles. The van der Waals surface area contributed by atoms with Crippen LogP contribution < -0.4 is 4.74 Å². The lowest BCUT2D eigenvalue weighted by Gasteiger charge is -2.36. The molecule has 210 valence electrons. The third-order valence-electron chi connectivity index (χ3n) is 7.81. The van der Waals surface area contributed by atoms with Gasteiger partial charge < -0.3 is 24.5 Å². The van der Waals surface area contributed by atoms with Gasteiger partial charge in [0.1, 0.15) is 30.5 Å². The molecule has 0 bridgehead atoms. The van der Waals surface area contributed by atoms with Crippen LogP contribution in [-0.2, 0) is 16.2 Å². The standard InChI is InChI=1S/C31H39NO7/c1-3-14-32-30(36)25-16-21(19-38-22-8-6-5-7-9-22)28(26(18-34)29(25)31(32)37)27(35)13-10-20(4-2)15-23-11-12-24(17-33)39-23/h5-9,11-12,15,25-27,29,33-35H,3-4,10,13-14,16-19H2,1-2H3/b20-15+/t25-,26+,27-,29-/m1/s1. The van der Waals surface area contributed by atoms with E-state index < -0.39 is 23.9 Å². The summed E-state index contributed by atoms with van der Waals surface area (Å²) in [7, 11) is 0. The Morgan fingerprint density at radius 2 is 1.90 bits per heavy atom. The molecule has 2 aliphatic rings. The molecule has 2 amide bonds. The second kappa shape index (κ2) is 13.2. The topological polar surface area (TPSA) is 120 Å². The number of imide groups is 1. The number of allylic oxidation sites excluding steroid dienone is 1. The number of benzene rings is 1. The van der Waals surface area contributed by atoms with E-state index in [0.29, 0.717) is 55.1 Å². The SMILES string of the molecule is CCCN1C(=O)[C@@H]2[C@@H](CC(COc3ccccc3)=C([C@H](O)CC/C(=C/c3ccc(CO)o3)CC)[C@@H]2CO)C1=O. The molecular formula is C31H39NO7. The van der Waals surface area contributed by atoms with E-state index in [2.05, 4.69) is 0 Å². The van der Waals surface area contributed by atoms with Gasteiger partial charge in [0.25, 0.3) is 0 Å². The van der Waals surface area contributed by atoms with Crippen molar-refractivity contribution in [3.05, 3.63) is 70.7 Å². The molecule has 3 N–H and O–H groups in total. The molecule has 4 atom stereocenters. The molecule has 1 fully saturated rings. The lowest BCUT2D eigenvalue weighted by Crippen LogP contribution is -2.40. The van der Waals surface area contributed by atoms with Gasteiger partial charge in [-0.25, -0.2) is 0 Å². The number of rotatable bonds is 13. The Hall–Kier alpha value is -3.20. The van der Waals surface area contributed by atoms with Crippen LogP contribution in [-0.4, -0.2) is 57.9 Å². The fourth-order valence-electron chi connectivity index (χ4n) is 5.88. The summed E-state index contributed by atoms with van der Waals surface area (Å²) in [6.45, 7) is 3.96. The molecule has 4 rings (SSSR count). The van der Waals surface area contributed by atoms with Crippen LogP contribution in [0, 0.1) is 17.8 Å². The van der Waals surface area contributed by atoms with Gasteiger partial charge in [0.05, 0.1) is 24.5 Å². The van der Waals surface area contributed by atoms with Crippen molar-refractivity contribution in [1.82, 2.24) is 4.90 Å². The summed E-state index contributed by atoms with van der Waals surface area (Å²) < 4.78 is 11.6. The molecular weight excluding hydrogens is 498 g/mol. The zero-order valence-corrected chi connectivity index (χ0v) is 22.7. The number of hydrogen-bond donors (Lipinski definition) is 3. The number of aliphatic hydroxyl groups is 3. The van der Waals surface area contributed by atoms with Crippen molar-refractivity contribution in [2.75, 3.05) is 19.8 Å². The maximum Gasteiger partial charge on any atom is 0.233 e. The van der Waals surface area contributed by atoms with Crippen LogP contribution in [0.5, 0.6) is 5.75 Å². The van der Waals surface area contributed by atoms with Crippen LogP contribution in [0.2, 0.25) is 0 Å². The number of fused-ring (bicyclic) bond motifs is 1. The average Bonchev–Trinajstić information content (AvgIpc) is 3.51. The first kappa shape index (κ1) is 28.8.